The van der Waals surface area contributed by atoms with Gasteiger partial charge in [0.05, 0.1) is 11.9 Å². The minimum Gasteiger partial charge on any atom is -0.357 e. The summed E-state index contributed by atoms with van der Waals surface area (Å²) in [5, 5.41) is 2.70. The summed E-state index contributed by atoms with van der Waals surface area (Å²) in [7, 11) is -1.96. The number of benzene rings is 3. The van der Waals surface area contributed by atoms with E-state index < -0.39 is 16.1 Å². The van der Waals surface area contributed by atoms with Crippen LogP contribution in [-0.2, 0) is 32.6 Å². The monoisotopic (exact) mass is 585 g/mol. The summed E-state index contributed by atoms with van der Waals surface area (Å²) in [4.78, 5) is 28.2. The van der Waals surface area contributed by atoms with Crippen LogP contribution in [0.5, 0.6) is 0 Å². The molecule has 0 radical (unpaired) electrons. The number of carbonyl (C=O) groups is 2. The lowest BCUT2D eigenvalue weighted by Crippen LogP contribution is -2.49. The molecule has 1 N–H and O–H groups in total. The van der Waals surface area contributed by atoms with Crippen molar-refractivity contribution in [2.75, 3.05) is 24.2 Å². The Balaban J connectivity index is 1.83. The smallest absolute Gasteiger partial charge is 0.242 e. The molecular formula is C28H32BrN3O4S. The highest BCUT2D eigenvalue weighted by atomic mass is 79.9. The zero-order valence-corrected chi connectivity index (χ0v) is 23.4. The topological polar surface area (TPSA) is 86.8 Å². The van der Waals surface area contributed by atoms with Crippen LogP contribution in [0.1, 0.15) is 24.0 Å². The number of carbonyl (C=O) groups excluding carboxylic acids is 2. The van der Waals surface area contributed by atoms with Crippen LogP contribution < -0.4 is 9.62 Å². The maximum absolute atomic E-state index is 13.6. The molecule has 37 heavy (non-hydrogen) atoms. The molecule has 0 bridgehead atoms. The van der Waals surface area contributed by atoms with E-state index >= 15 is 0 Å². The van der Waals surface area contributed by atoms with Crippen molar-refractivity contribution in [2.24, 2.45) is 0 Å². The van der Waals surface area contributed by atoms with E-state index in [1.54, 1.807) is 36.2 Å². The van der Waals surface area contributed by atoms with Crippen LogP contribution in [0, 0.1) is 0 Å². The quantitative estimate of drug-likeness (QED) is 0.342. The zero-order chi connectivity index (χ0) is 26.8. The van der Waals surface area contributed by atoms with E-state index in [0.29, 0.717) is 18.5 Å². The summed E-state index contributed by atoms with van der Waals surface area (Å²) in [6.07, 6.45) is 1.92. The minimum atomic E-state index is -3.52. The highest BCUT2D eigenvalue weighted by Gasteiger charge is 2.30. The van der Waals surface area contributed by atoms with E-state index in [2.05, 4.69) is 21.2 Å². The number of rotatable bonds is 12. The summed E-state index contributed by atoms with van der Waals surface area (Å²) < 4.78 is 27.1. The summed E-state index contributed by atoms with van der Waals surface area (Å²) in [6, 6.07) is 25.3. The Kier molecular flexibility index (Phi) is 10.3. The molecule has 7 nitrogen and oxygen atoms in total. The normalized spacial score (nSPS) is 12.0. The number of nitrogens with one attached hydrogen (secondary N) is 1. The lowest BCUT2D eigenvalue weighted by molar-refractivity contribution is -0.141. The van der Waals surface area contributed by atoms with E-state index in [-0.39, 0.29) is 31.3 Å². The van der Waals surface area contributed by atoms with Gasteiger partial charge in [-0.15, -0.1) is 0 Å². The molecule has 0 saturated heterocycles. The van der Waals surface area contributed by atoms with Gasteiger partial charge >= 0.3 is 0 Å². The van der Waals surface area contributed by atoms with Crippen LogP contribution in [0.15, 0.2) is 89.4 Å². The largest absolute Gasteiger partial charge is 0.357 e. The maximum Gasteiger partial charge on any atom is 0.242 e. The number of sulfonamides is 1. The summed E-state index contributed by atoms with van der Waals surface area (Å²) in [6.45, 7) is 0.412. The fraction of sp³-hybridized carbons (Fsp3) is 0.286. The molecule has 3 rings (SSSR count). The number of hydrogen-bond acceptors (Lipinski definition) is 4. The van der Waals surface area contributed by atoms with Crippen LogP contribution in [0.2, 0.25) is 0 Å². The second-order valence-electron chi connectivity index (χ2n) is 8.74. The van der Waals surface area contributed by atoms with Crippen molar-refractivity contribution in [1.82, 2.24) is 10.2 Å². The third kappa shape index (κ3) is 8.43. The van der Waals surface area contributed by atoms with Gasteiger partial charge in [-0.2, -0.15) is 0 Å². The second-order valence-corrected chi connectivity index (χ2v) is 11.6. The van der Waals surface area contributed by atoms with Crippen molar-refractivity contribution in [3.05, 3.63) is 101 Å². The van der Waals surface area contributed by atoms with Crippen LogP contribution in [0.4, 0.5) is 5.69 Å². The predicted octanol–water partition coefficient (Wildman–Crippen LogP) is 4.38. The predicted molar refractivity (Wildman–Crippen MR) is 151 cm³/mol. The Morgan fingerprint density at radius 1 is 0.892 bits per heavy atom. The number of halogens is 1. The molecule has 0 spiro atoms. The van der Waals surface area contributed by atoms with Crippen LogP contribution in [0.3, 0.4) is 0 Å². The van der Waals surface area contributed by atoms with Gasteiger partial charge in [0.2, 0.25) is 21.8 Å². The van der Waals surface area contributed by atoms with E-state index in [1.165, 1.54) is 4.31 Å². The molecule has 1 atom stereocenters. The Hall–Kier alpha value is -3.17. The molecule has 0 aliphatic rings. The Bertz CT molecular complexity index is 1270. The molecule has 0 fully saturated rings. The van der Waals surface area contributed by atoms with E-state index in [1.807, 2.05) is 60.7 Å². The van der Waals surface area contributed by atoms with E-state index in [4.69, 9.17) is 0 Å². The first-order valence-electron chi connectivity index (χ1n) is 12.0. The molecule has 3 aromatic carbocycles. The number of hydrogen-bond donors (Lipinski definition) is 1. The summed E-state index contributed by atoms with van der Waals surface area (Å²) in [5.41, 5.74) is 2.38. The highest BCUT2D eigenvalue weighted by Crippen LogP contribution is 2.20. The first-order chi connectivity index (χ1) is 17.7. The highest BCUT2D eigenvalue weighted by molar-refractivity contribution is 9.10. The van der Waals surface area contributed by atoms with Crippen molar-refractivity contribution < 1.29 is 18.0 Å². The van der Waals surface area contributed by atoms with Crippen molar-refractivity contribution in [2.45, 2.75) is 31.8 Å². The Morgan fingerprint density at radius 3 is 2.05 bits per heavy atom. The third-order valence-electron chi connectivity index (χ3n) is 5.98. The second kappa shape index (κ2) is 13.4. The van der Waals surface area contributed by atoms with Crippen molar-refractivity contribution in [1.29, 1.82) is 0 Å². The van der Waals surface area contributed by atoms with Gasteiger partial charge in [0.15, 0.2) is 0 Å². The molecular weight excluding hydrogens is 554 g/mol. The zero-order valence-electron chi connectivity index (χ0n) is 21.0. The first-order valence-corrected chi connectivity index (χ1v) is 14.7. The van der Waals surface area contributed by atoms with Gasteiger partial charge in [-0.05, 0) is 41.8 Å². The Labute approximate surface area is 227 Å². The average molecular weight is 587 g/mol. The number of anilines is 1. The molecule has 0 aliphatic carbocycles. The molecule has 3 aromatic rings. The number of amides is 2. The third-order valence-corrected chi connectivity index (χ3v) is 7.70. The van der Waals surface area contributed by atoms with Crippen molar-refractivity contribution in [3.8, 4) is 0 Å². The molecule has 9 heteroatoms. The fourth-order valence-corrected chi connectivity index (χ4v) is 5.33. The van der Waals surface area contributed by atoms with Gasteiger partial charge in [-0.25, -0.2) is 8.42 Å². The number of nitrogens with zero attached hydrogens (tertiary/aromatic N) is 2. The first kappa shape index (κ1) is 28.4. The van der Waals surface area contributed by atoms with Crippen LogP contribution >= 0.6 is 15.9 Å². The minimum absolute atomic E-state index is 0.0949. The SMILES string of the molecule is CNC(=O)C(Cc1ccccc1)N(Cc1ccc(Br)cc1)C(=O)CCCN(c1ccccc1)S(C)(=O)=O. The van der Waals surface area contributed by atoms with Gasteiger partial charge in [0.25, 0.3) is 0 Å². The molecule has 0 aromatic heterocycles. The van der Waals surface area contributed by atoms with Gasteiger partial charge in [-0.1, -0.05) is 76.6 Å². The lowest BCUT2D eigenvalue weighted by Gasteiger charge is -2.31. The fourth-order valence-electron chi connectivity index (χ4n) is 4.11. The van der Waals surface area contributed by atoms with Gasteiger partial charge in [0, 0.05) is 37.5 Å². The molecule has 0 saturated carbocycles. The molecule has 1 unspecified atom stereocenters. The molecule has 0 aliphatic heterocycles. The van der Waals surface area contributed by atoms with Crippen LogP contribution in [0.25, 0.3) is 0 Å². The van der Waals surface area contributed by atoms with Crippen LogP contribution in [-0.4, -0.2) is 51.0 Å². The van der Waals surface area contributed by atoms with E-state index in [9.17, 15) is 18.0 Å². The maximum atomic E-state index is 13.6. The van der Waals surface area contributed by atoms with Gasteiger partial charge in [0.1, 0.15) is 6.04 Å². The summed E-state index contributed by atoms with van der Waals surface area (Å²) in [5.74, 6) is -0.467. The van der Waals surface area contributed by atoms with Crippen molar-refractivity contribution in [3.63, 3.8) is 0 Å². The number of para-hydroxylation sites is 1. The van der Waals surface area contributed by atoms with Gasteiger partial charge in [-0.3, -0.25) is 13.9 Å². The molecule has 2 amide bonds. The van der Waals surface area contributed by atoms with E-state index in [0.717, 1.165) is 21.9 Å². The van der Waals surface area contributed by atoms with Gasteiger partial charge < -0.3 is 10.2 Å². The standard InChI is InChI=1S/C28H32BrN3O4S/c1-30-28(34)26(20-22-10-5-3-6-11-22)31(21-23-15-17-24(29)18-16-23)27(33)14-9-19-32(37(2,35)36)25-12-7-4-8-13-25/h3-8,10-13,15-18,26H,9,14,19-21H2,1-2H3,(H,30,34). The lowest BCUT2D eigenvalue weighted by atomic mass is 10.0. The number of likely N-dealkylation sites (N-methyl/N-ethyl adjacent to an activating group) is 1. The molecule has 196 valence electrons. The Morgan fingerprint density at radius 2 is 1.49 bits per heavy atom. The molecule has 0 heterocycles. The average Bonchev–Trinajstić information content (AvgIpc) is 2.89. The van der Waals surface area contributed by atoms with Crippen molar-refractivity contribution >= 4 is 43.5 Å². The summed E-state index contributed by atoms with van der Waals surface area (Å²) >= 11 is 3.43.